The highest BCUT2D eigenvalue weighted by Gasteiger charge is 2.28. The predicted molar refractivity (Wildman–Crippen MR) is 99.1 cm³/mol. The quantitative estimate of drug-likeness (QED) is 0.610. The van der Waals surface area contributed by atoms with Gasteiger partial charge in [0.05, 0.1) is 0 Å². The molecule has 0 unspecified atom stereocenters. The van der Waals surface area contributed by atoms with Crippen LogP contribution in [0.15, 0.2) is 60.2 Å². The normalized spacial score (nSPS) is 13.0. The fraction of sp³-hybridized carbons (Fsp3) is 0.238. The SMILES string of the molecule is C/C(=C\CCNC(=O)OCC1c2ccccc2-c2ccccc21)C(=O)O. The van der Waals surface area contributed by atoms with Crippen molar-refractivity contribution in [3.8, 4) is 11.1 Å². The molecule has 0 atom stereocenters. The second kappa shape index (κ2) is 7.87. The van der Waals surface area contributed by atoms with Crippen LogP contribution in [0, 0.1) is 0 Å². The molecule has 26 heavy (non-hydrogen) atoms. The van der Waals surface area contributed by atoms with Crippen LogP contribution in [0.25, 0.3) is 11.1 Å². The Morgan fingerprint density at radius 3 is 2.23 bits per heavy atom. The molecule has 1 aliphatic carbocycles. The highest BCUT2D eigenvalue weighted by atomic mass is 16.5. The van der Waals surface area contributed by atoms with Crippen molar-refractivity contribution in [2.24, 2.45) is 0 Å². The molecule has 2 aromatic carbocycles. The molecular formula is C21H21NO4. The van der Waals surface area contributed by atoms with Crippen LogP contribution in [0.3, 0.4) is 0 Å². The molecule has 0 aromatic heterocycles. The maximum Gasteiger partial charge on any atom is 0.407 e. The van der Waals surface area contributed by atoms with E-state index >= 15 is 0 Å². The lowest BCUT2D eigenvalue weighted by molar-refractivity contribution is -0.132. The fourth-order valence-electron chi connectivity index (χ4n) is 3.20. The third kappa shape index (κ3) is 3.77. The van der Waals surface area contributed by atoms with Crippen molar-refractivity contribution < 1.29 is 19.4 Å². The van der Waals surface area contributed by atoms with Gasteiger partial charge < -0.3 is 15.2 Å². The number of rotatable bonds is 6. The number of amides is 1. The summed E-state index contributed by atoms with van der Waals surface area (Å²) < 4.78 is 5.41. The van der Waals surface area contributed by atoms with Crippen molar-refractivity contribution >= 4 is 12.1 Å². The minimum Gasteiger partial charge on any atom is -0.478 e. The summed E-state index contributed by atoms with van der Waals surface area (Å²) in [7, 11) is 0. The molecule has 0 heterocycles. The Labute approximate surface area is 152 Å². The van der Waals surface area contributed by atoms with Crippen LogP contribution in [0.2, 0.25) is 0 Å². The third-order valence-corrected chi connectivity index (χ3v) is 4.55. The first-order valence-electron chi connectivity index (χ1n) is 8.57. The first-order chi connectivity index (χ1) is 12.6. The Balaban J connectivity index is 1.57. The molecule has 0 aliphatic heterocycles. The van der Waals surface area contributed by atoms with Crippen LogP contribution < -0.4 is 5.32 Å². The zero-order valence-electron chi connectivity index (χ0n) is 14.6. The van der Waals surface area contributed by atoms with Gasteiger partial charge in [-0.2, -0.15) is 0 Å². The lowest BCUT2D eigenvalue weighted by Gasteiger charge is -2.14. The van der Waals surface area contributed by atoms with Crippen LogP contribution in [0.1, 0.15) is 30.4 Å². The maximum atomic E-state index is 11.9. The van der Waals surface area contributed by atoms with Gasteiger partial charge >= 0.3 is 12.1 Å². The number of fused-ring (bicyclic) bond motifs is 3. The molecule has 134 valence electrons. The molecule has 0 bridgehead atoms. The van der Waals surface area contributed by atoms with Crippen LogP contribution in [-0.4, -0.2) is 30.3 Å². The molecule has 0 radical (unpaired) electrons. The highest BCUT2D eigenvalue weighted by molar-refractivity contribution is 5.85. The number of carbonyl (C=O) groups is 2. The van der Waals surface area contributed by atoms with Gasteiger partial charge in [-0.05, 0) is 35.6 Å². The van der Waals surface area contributed by atoms with Crippen molar-refractivity contribution in [1.29, 1.82) is 0 Å². The number of hydrogen-bond acceptors (Lipinski definition) is 3. The van der Waals surface area contributed by atoms with Gasteiger partial charge in [-0.3, -0.25) is 0 Å². The summed E-state index contributed by atoms with van der Waals surface area (Å²) in [6, 6.07) is 16.3. The first-order valence-corrected chi connectivity index (χ1v) is 8.57. The lowest BCUT2D eigenvalue weighted by atomic mass is 9.98. The monoisotopic (exact) mass is 351 g/mol. The van der Waals surface area contributed by atoms with Gasteiger partial charge in [0.15, 0.2) is 0 Å². The van der Waals surface area contributed by atoms with E-state index in [4.69, 9.17) is 9.84 Å². The lowest BCUT2D eigenvalue weighted by Crippen LogP contribution is -2.26. The summed E-state index contributed by atoms with van der Waals surface area (Å²) in [4.78, 5) is 22.6. The largest absolute Gasteiger partial charge is 0.478 e. The van der Waals surface area contributed by atoms with Gasteiger partial charge in [0.25, 0.3) is 0 Å². The average molecular weight is 351 g/mol. The average Bonchev–Trinajstić information content (AvgIpc) is 2.97. The van der Waals surface area contributed by atoms with Crippen LogP contribution in [0.5, 0.6) is 0 Å². The van der Waals surface area contributed by atoms with Gasteiger partial charge in [0.2, 0.25) is 0 Å². The number of carbonyl (C=O) groups excluding carboxylic acids is 1. The molecule has 0 saturated heterocycles. The second-order valence-electron chi connectivity index (χ2n) is 6.23. The topological polar surface area (TPSA) is 75.6 Å². The smallest absolute Gasteiger partial charge is 0.407 e. The standard InChI is InChI=1S/C21H21NO4/c1-14(20(23)24)7-6-12-22-21(25)26-13-19-17-10-4-2-8-15(17)16-9-3-5-11-18(16)19/h2-5,7-11,19H,6,12-13H2,1H3,(H,22,25)(H,23,24)/b14-7+. The number of nitrogens with one attached hydrogen (secondary N) is 1. The molecule has 1 aliphatic rings. The molecule has 0 saturated carbocycles. The van der Waals surface area contributed by atoms with Crippen LogP contribution in [-0.2, 0) is 9.53 Å². The van der Waals surface area contributed by atoms with Gasteiger partial charge in [0, 0.05) is 18.0 Å². The summed E-state index contributed by atoms with van der Waals surface area (Å²) in [6.45, 7) is 2.13. The van der Waals surface area contributed by atoms with E-state index in [2.05, 4.69) is 29.6 Å². The second-order valence-corrected chi connectivity index (χ2v) is 6.23. The van der Waals surface area contributed by atoms with Crippen molar-refractivity contribution in [1.82, 2.24) is 5.32 Å². The van der Waals surface area contributed by atoms with Gasteiger partial charge in [-0.25, -0.2) is 9.59 Å². The Hall–Kier alpha value is -3.08. The third-order valence-electron chi connectivity index (χ3n) is 4.55. The number of hydrogen-bond donors (Lipinski definition) is 2. The minimum absolute atomic E-state index is 0.0299. The number of carboxylic acid groups (broad SMARTS) is 1. The zero-order chi connectivity index (χ0) is 18.5. The number of benzene rings is 2. The van der Waals surface area contributed by atoms with Crippen LogP contribution >= 0.6 is 0 Å². The predicted octanol–water partition coefficient (Wildman–Crippen LogP) is 3.95. The summed E-state index contributed by atoms with van der Waals surface area (Å²) in [5, 5.41) is 11.4. The van der Waals surface area contributed by atoms with Crippen molar-refractivity contribution in [2.75, 3.05) is 13.2 Å². The zero-order valence-corrected chi connectivity index (χ0v) is 14.6. The van der Waals surface area contributed by atoms with E-state index in [9.17, 15) is 9.59 Å². The van der Waals surface area contributed by atoms with Crippen molar-refractivity contribution in [3.05, 3.63) is 71.3 Å². The maximum absolute atomic E-state index is 11.9. The first kappa shape index (κ1) is 17.7. The highest BCUT2D eigenvalue weighted by Crippen LogP contribution is 2.44. The Morgan fingerprint density at radius 2 is 1.65 bits per heavy atom. The van der Waals surface area contributed by atoms with E-state index in [1.807, 2.05) is 24.3 Å². The molecule has 5 heteroatoms. The summed E-state index contributed by atoms with van der Waals surface area (Å²) in [5.74, 6) is -0.923. The number of ether oxygens (including phenoxy) is 1. The van der Waals surface area contributed by atoms with Crippen molar-refractivity contribution in [3.63, 3.8) is 0 Å². The Bertz CT molecular complexity index is 811. The molecular weight excluding hydrogens is 330 g/mol. The Morgan fingerprint density at radius 1 is 1.08 bits per heavy atom. The van der Waals surface area contributed by atoms with E-state index in [0.717, 1.165) is 0 Å². The molecule has 1 amide bonds. The van der Waals surface area contributed by atoms with E-state index in [0.29, 0.717) is 13.0 Å². The van der Waals surface area contributed by atoms with Crippen LogP contribution in [0.4, 0.5) is 4.79 Å². The molecule has 3 rings (SSSR count). The summed E-state index contributed by atoms with van der Waals surface area (Å²) >= 11 is 0. The number of aliphatic carboxylic acids is 1. The molecule has 0 spiro atoms. The van der Waals surface area contributed by atoms with E-state index < -0.39 is 12.1 Å². The summed E-state index contributed by atoms with van der Waals surface area (Å²) in [5.41, 5.74) is 4.97. The fourth-order valence-corrected chi connectivity index (χ4v) is 3.20. The number of carboxylic acids is 1. The summed E-state index contributed by atoms with van der Waals surface area (Å²) in [6.07, 6.45) is 1.53. The van der Waals surface area contributed by atoms with E-state index in [1.165, 1.54) is 29.2 Å². The minimum atomic E-state index is -0.953. The van der Waals surface area contributed by atoms with E-state index in [1.54, 1.807) is 6.08 Å². The van der Waals surface area contributed by atoms with Gasteiger partial charge in [-0.15, -0.1) is 0 Å². The van der Waals surface area contributed by atoms with Gasteiger partial charge in [0.1, 0.15) is 6.61 Å². The van der Waals surface area contributed by atoms with Crippen molar-refractivity contribution in [2.45, 2.75) is 19.3 Å². The molecule has 2 aromatic rings. The molecule has 0 fully saturated rings. The molecule has 2 N–H and O–H groups in total. The number of alkyl carbamates (subject to hydrolysis) is 1. The van der Waals surface area contributed by atoms with E-state index in [-0.39, 0.29) is 18.1 Å². The van der Waals surface area contributed by atoms with Gasteiger partial charge in [-0.1, -0.05) is 54.6 Å². The molecule has 5 nitrogen and oxygen atoms in total. The Kier molecular flexibility index (Phi) is 5.37.